The van der Waals surface area contributed by atoms with E-state index < -0.39 is 10.0 Å². The number of morpholine rings is 1. The first kappa shape index (κ1) is 15.9. The third-order valence-electron chi connectivity index (χ3n) is 4.08. The fraction of sp³-hybridized carbons (Fsp3) is 0.643. The summed E-state index contributed by atoms with van der Waals surface area (Å²) in [6.45, 7) is 4.12. The van der Waals surface area contributed by atoms with Crippen LogP contribution in [0.3, 0.4) is 0 Å². The van der Waals surface area contributed by atoms with Crippen molar-refractivity contribution in [3.05, 3.63) is 17.0 Å². The molecule has 1 aliphatic heterocycles. The highest BCUT2D eigenvalue weighted by Crippen LogP contribution is 2.37. The number of sulfonamides is 1. The molecule has 2 atom stereocenters. The van der Waals surface area contributed by atoms with Crippen LogP contribution in [-0.2, 0) is 26.1 Å². The van der Waals surface area contributed by atoms with Crippen LogP contribution in [0.15, 0.2) is 16.3 Å². The molecule has 1 saturated heterocycles. The lowest BCUT2D eigenvalue weighted by Crippen LogP contribution is -2.40. The zero-order chi connectivity index (χ0) is 15.7. The lowest BCUT2D eigenvalue weighted by molar-refractivity contribution is -0.122. The van der Waals surface area contributed by atoms with Crippen molar-refractivity contribution in [3.8, 4) is 0 Å². The summed E-state index contributed by atoms with van der Waals surface area (Å²) < 4.78 is 32.0. The van der Waals surface area contributed by atoms with Crippen LogP contribution in [0.2, 0.25) is 0 Å². The number of hydrogen-bond donors (Lipinski definition) is 1. The van der Waals surface area contributed by atoms with Gasteiger partial charge in [-0.05, 0) is 24.5 Å². The van der Waals surface area contributed by atoms with Gasteiger partial charge in [-0.1, -0.05) is 6.92 Å². The number of rotatable bonds is 5. The maximum absolute atomic E-state index is 12.5. The van der Waals surface area contributed by atoms with Gasteiger partial charge in [-0.3, -0.25) is 4.79 Å². The van der Waals surface area contributed by atoms with Crippen LogP contribution < -0.4 is 5.32 Å². The third-order valence-corrected chi connectivity index (χ3v) is 7.54. The summed E-state index contributed by atoms with van der Waals surface area (Å²) in [5.74, 6) is 0.676. The molecule has 8 heteroatoms. The predicted octanol–water partition coefficient (Wildman–Crippen LogP) is 1.04. The predicted molar refractivity (Wildman–Crippen MR) is 83.0 cm³/mol. The maximum Gasteiger partial charge on any atom is 0.252 e. The van der Waals surface area contributed by atoms with Gasteiger partial charge in [0, 0.05) is 23.9 Å². The number of carbonyl (C=O) groups excluding carboxylic acids is 1. The number of thiophene rings is 1. The Labute approximate surface area is 134 Å². The second kappa shape index (κ2) is 6.27. The molecule has 2 heterocycles. The zero-order valence-corrected chi connectivity index (χ0v) is 14.1. The summed E-state index contributed by atoms with van der Waals surface area (Å²) in [5.41, 5.74) is 0. The van der Waals surface area contributed by atoms with Crippen LogP contribution in [0.25, 0.3) is 0 Å². The Morgan fingerprint density at radius 3 is 2.73 bits per heavy atom. The first-order valence-electron chi connectivity index (χ1n) is 7.43. The van der Waals surface area contributed by atoms with Gasteiger partial charge in [0.05, 0.1) is 19.8 Å². The molecule has 1 aliphatic carbocycles. The summed E-state index contributed by atoms with van der Waals surface area (Å²) in [6, 6.07) is 3.39. The van der Waals surface area contributed by atoms with Crippen LogP contribution >= 0.6 is 11.3 Å². The standard InChI is InChI=1S/C14H20N2O4S2/c1-10-8-12(10)14(17)15-9-11-2-3-13(21-11)22(18,19)16-4-6-20-7-5-16/h2-3,10,12H,4-9H2,1H3,(H,15,17). The molecular formula is C14H20N2O4S2. The van der Waals surface area contributed by atoms with Crippen LogP contribution in [-0.4, -0.2) is 44.9 Å². The smallest absolute Gasteiger partial charge is 0.252 e. The van der Waals surface area contributed by atoms with Gasteiger partial charge in [-0.25, -0.2) is 8.42 Å². The Morgan fingerprint density at radius 2 is 2.09 bits per heavy atom. The molecule has 2 fully saturated rings. The molecule has 2 aliphatic rings. The van der Waals surface area contributed by atoms with E-state index >= 15 is 0 Å². The molecule has 0 bridgehead atoms. The van der Waals surface area contributed by atoms with E-state index in [-0.39, 0.29) is 11.8 Å². The normalized spacial score (nSPS) is 25.9. The molecule has 1 aromatic rings. The average Bonchev–Trinajstić information content (AvgIpc) is 3.06. The molecule has 0 aromatic carbocycles. The molecule has 2 unspecified atom stereocenters. The molecule has 3 rings (SSSR count). The topological polar surface area (TPSA) is 75.7 Å². The molecular weight excluding hydrogens is 324 g/mol. The highest BCUT2D eigenvalue weighted by molar-refractivity contribution is 7.91. The molecule has 0 spiro atoms. The lowest BCUT2D eigenvalue weighted by atomic mass is 10.3. The highest BCUT2D eigenvalue weighted by atomic mass is 32.2. The monoisotopic (exact) mass is 344 g/mol. The first-order valence-corrected chi connectivity index (χ1v) is 9.68. The summed E-state index contributed by atoms with van der Waals surface area (Å²) in [4.78, 5) is 12.6. The van der Waals surface area contributed by atoms with Crippen molar-refractivity contribution < 1.29 is 17.9 Å². The summed E-state index contributed by atoms with van der Waals surface area (Å²) >= 11 is 1.22. The molecule has 1 N–H and O–H groups in total. The number of amides is 1. The SMILES string of the molecule is CC1CC1C(=O)NCc1ccc(S(=O)(=O)N2CCOCC2)s1. The quantitative estimate of drug-likeness (QED) is 0.866. The van der Waals surface area contributed by atoms with E-state index in [1.54, 1.807) is 12.1 Å². The van der Waals surface area contributed by atoms with Crippen molar-refractivity contribution in [1.29, 1.82) is 0 Å². The third kappa shape index (κ3) is 3.34. The summed E-state index contributed by atoms with van der Waals surface area (Å²) in [5, 5.41) is 2.88. The number of carbonyl (C=O) groups is 1. The summed E-state index contributed by atoms with van der Waals surface area (Å²) in [7, 11) is -3.43. The Balaban J connectivity index is 1.61. The minimum Gasteiger partial charge on any atom is -0.379 e. The summed E-state index contributed by atoms with van der Waals surface area (Å²) in [6.07, 6.45) is 0.951. The van der Waals surface area contributed by atoms with Gasteiger partial charge in [-0.2, -0.15) is 4.31 Å². The Morgan fingerprint density at radius 1 is 1.41 bits per heavy atom. The maximum atomic E-state index is 12.5. The van der Waals surface area contributed by atoms with Crippen molar-refractivity contribution in [2.75, 3.05) is 26.3 Å². The van der Waals surface area contributed by atoms with Crippen LogP contribution in [0.5, 0.6) is 0 Å². The molecule has 1 saturated carbocycles. The second-order valence-electron chi connectivity index (χ2n) is 5.77. The second-order valence-corrected chi connectivity index (χ2v) is 9.11. The molecule has 1 aromatic heterocycles. The van der Waals surface area contributed by atoms with Crippen LogP contribution in [0.1, 0.15) is 18.2 Å². The molecule has 6 nitrogen and oxygen atoms in total. The number of ether oxygens (including phenoxy) is 1. The molecule has 122 valence electrons. The van der Waals surface area contributed by atoms with E-state index in [4.69, 9.17) is 4.74 Å². The van der Waals surface area contributed by atoms with Crippen molar-refractivity contribution in [3.63, 3.8) is 0 Å². The van der Waals surface area contributed by atoms with Crippen molar-refractivity contribution in [1.82, 2.24) is 9.62 Å². The lowest BCUT2D eigenvalue weighted by Gasteiger charge is -2.25. The fourth-order valence-corrected chi connectivity index (χ4v) is 5.36. The van der Waals surface area contributed by atoms with Gasteiger partial charge in [0.1, 0.15) is 4.21 Å². The van der Waals surface area contributed by atoms with Crippen molar-refractivity contribution >= 4 is 27.3 Å². The van der Waals surface area contributed by atoms with E-state index in [0.717, 1.165) is 11.3 Å². The van der Waals surface area contributed by atoms with Crippen molar-refractivity contribution in [2.45, 2.75) is 24.1 Å². The van der Waals surface area contributed by atoms with Gasteiger partial charge in [0.25, 0.3) is 10.0 Å². The number of nitrogens with one attached hydrogen (secondary N) is 1. The van der Waals surface area contributed by atoms with Gasteiger partial charge in [0.15, 0.2) is 0 Å². The molecule has 0 radical (unpaired) electrons. The van der Waals surface area contributed by atoms with E-state index in [2.05, 4.69) is 12.2 Å². The minimum absolute atomic E-state index is 0.0680. The first-order chi connectivity index (χ1) is 10.5. The average molecular weight is 344 g/mol. The molecule has 22 heavy (non-hydrogen) atoms. The molecule has 1 amide bonds. The van der Waals surface area contributed by atoms with Crippen LogP contribution in [0, 0.1) is 11.8 Å². The van der Waals surface area contributed by atoms with Gasteiger partial charge in [0.2, 0.25) is 5.91 Å². The van der Waals surface area contributed by atoms with Gasteiger partial charge >= 0.3 is 0 Å². The zero-order valence-electron chi connectivity index (χ0n) is 12.4. The number of hydrogen-bond acceptors (Lipinski definition) is 5. The van der Waals surface area contributed by atoms with Crippen LogP contribution in [0.4, 0.5) is 0 Å². The number of nitrogens with zero attached hydrogens (tertiary/aromatic N) is 1. The van der Waals surface area contributed by atoms with Gasteiger partial charge in [-0.15, -0.1) is 11.3 Å². The Bertz CT molecular complexity index is 650. The van der Waals surface area contributed by atoms with Gasteiger partial charge < -0.3 is 10.1 Å². The highest BCUT2D eigenvalue weighted by Gasteiger charge is 2.38. The van der Waals surface area contributed by atoms with E-state index in [0.29, 0.717) is 43.0 Å². The minimum atomic E-state index is -3.43. The van der Waals surface area contributed by atoms with E-state index in [9.17, 15) is 13.2 Å². The van der Waals surface area contributed by atoms with Crippen molar-refractivity contribution in [2.24, 2.45) is 11.8 Å². The Hall–Kier alpha value is -0.960. The fourth-order valence-electron chi connectivity index (χ4n) is 2.50. The van der Waals surface area contributed by atoms with E-state index in [1.807, 2.05) is 0 Å². The van der Waals surface area contributed by atoms with E-state index in [1.165, 1.54) is 15.6 Å². The Kier molecular flexibility index (Phi) is 4.54. The largest absolute Gasteiger partial charge is 0.379 e.